The molecule has 0 aromatic heterocycles. The number of esters is 1. The summed E-state index contributed by atoms with van der Waals surface area (Å²) >= 11 is 1.65. The molecule has 11 nitrogen and oxygen atoms in total. The third-order valence-electron chi connectivity index (χ3n) is 8.35. The maximum absolute atomic E-state index is 13.8. The first-order valence-electron chi connectivity index (χ1n) is 17.7. The molecule has 1 rings (SSSR count). The molecule has 1 heterocycles. The van der Waals surface area contributed by atoms with Crippen LogP contribution in [0.2, 0.25) is 0 Å². The molecule has 1 aliphatic rings. The monoisotopic (exact) mass is 698 g/mol. The van der Waals surface area contributed by atoms with E-state index in [2.05, 4.69) is 34.8 Å². The molecule has 0 aromatic carbocycles. The second-order valence-electron chi connectivity index (χ2n) is 15.4. The third-order valence-corrected chi connectivity index (χ3v) is 9.05. The summed E-state index contributed by atoms with van der Waals surface area (Å²) in [4.78, 5) is 57.6. The zero-order chi connectivity index (χ0) is 36.8. The Labute approximate surface area is 294 Å². The molecule has 0 saturated carbocycles. The van der Waals surface area contributed by atoms with Gasteiger partial charge in [0.05, 0.1) is 24.3 Å². The molecule has 1 fully saturated rings. The number of amides is 3. The molecule has 3 amide bonds. The average molecular weight is 699 g/mol. The van der Waals surface area contributed by atoms with E-state index in [1.807, 2.05) is 34.0 Å². The lowest BCUT2D eigenvalue weighted by atomic mass is 9.91. The van der Waals surface area contributed by atoms with Gasteiger partial charge in [-0.25, -0.2) is 4.79 Å². The molecule has 0 bridgehead atoms. The van der Waals surface area contributed by atoms with E-state index in [0.717, 1.165) is 18.6 Å². The predicted octanol–water partition coefficient (Wildman–Crippen LogP) is 4.68. The van der Waals surface area contributed by atoms with E-state index in [9.17, 15) is 24.3 Å². The van der Waals surface area contributed by atoms with Gasteiger partial charge in [-0.1, -0.05) is 48.5 Å². The molecule has 1 aliphatic heterocycles. The van der Waals surface area contributed by atoms with Gasteiger partial charge in [0.1, 0.15) is 23.4 Å². The van der Waals surface area contributed by atoms with Crippen LogP contribution in [0.4, 0.5) is 0 Å². The lowest BCUT2D eigenvalue weighted by Crippen LogP contribution is -2.55. The highest BCUT2D eigenvalue weighted by Gasteiger charge is 2.34. The van der Waals surface area contributed by atoms with Gasteiger partial charge in [-0.05, 0) is 96.0 Å². The van der Waals surface area contributed by atoms with Crippen molar-refractivity contribution in [2.24, 2.45) is 28.7 Å². The van der Waals surface area contributed by atoms with Crippen LogP contribution in [-0.4, -0.2) is 95.1 Å². The fourth-order valence-corrected chi connectivity index (χ4v) is 6.15. The van der Waals surface area contributed by atoms with Crippen LogP contribution in [0.3, 0.4) is 0 Å². The SMILES string of the molecule is CSCCC[C@H](NC(=O)[C@@H](N=C(C)C(=O)OC(C)(C)C)C(C)C)C(=O)N[C@@H](CC(C)C)[C@@H](O)C[C@@H](C)C(=O)N[C@@H](C(C)C)C1CCCO1. The van der Waals surface area contributed by atoms with E-state index in [1.165, 1.54) is 6.92 Å². The standard InChI is InChI=1S/C36H66N4O7S/c1-21(2)19-27(28(41)20-24(7)32(42)40-30(22(3)4)29-16-13-17-46-29)39-33(43)26(15-14-18-48-12)38-34(44)31(23(5)6)37-25(8)35(45)47-36(9,10)11/h21-24,26-31,41H,13-20H2,1-12H3,(H,38,44)(H,39,43)(H,40,42)/t24-,26+,27+,28+,29?,30+,31+/m1/s1. The number of aliphatic hydroxyl groups is 1. The Balaban J connectivity index is 3.11. The number of hydrogen-bond donors (Lipinski definition) is 4. The Hall–Kier alpha value is -2.18. The number of carbonyl (C=O) groups excluding carboxylic acids is 4. The molecule has 0 aromatic rings. The van der Waals surface area contributed by atoms with Crippen LogP contribution >= 0.6 is 11.8 Å². The molecule has 7 atom stereocenters. The number of nitrogens with zero attached hydrogens (tertiary/aromatic N) is 1. The lowest BCUT2D eigenvalue weighted by Gasteiger charge is -2.31. The molecule has 278 valence electrons. The van der Waals surface area contributed by atoms with Crippen LogP contribution in [0.25, 0.3) is 0 Å². The van der Waals surface area contributed by atoms with Gasteiger partial charge in [0.2, 0.25) is 17.7 Å². The normalized spacial score (nSPS) is 19.4. The van der Waals surface area contributed by atoms with Gasteiger partial charge < -0.3 is 30.5 Å². The van der Waals surface area contributed by atoms with Crippen molar-refractivity contribution in [3.8, 4) is 0 Å². The highest BCUT2D eigenvalue weighted by atomic mass is 32.2. The maximum atomic E-state index is 13.8. The molecular formula is C36H66N4O7S. The smallest absolute Gasteiger partial charge is 0.352 e. The van der Waals surface area contributed by atoms with Crippen molar-refractivity contribution in [2.45, 2.75) is 157 Å². The van der Waals surface area contributed by atoms with Gasteiger partial charge >= 0.3 is 5.97 Å². The first kappa shape index (κ1) is 43.8. The Bertz CT molecular complexity index is 1050. The number of aliphatic imine (C=N–C) groups is 1. The molecule has 1 saturated heterocycles. The minimum atomic E-state index is -0.982. The van der Waals surface area contributed by atoms with Crippen LogP contribution in [-0.2, 0) is 28.7 Å². The fourth-order valence-electron chi connectivity index (χ4n) is 5.70. The van der Waals surface area contributed by atoms with E-state index >= 15 is 0 Å². The summed E-state index contributed by atoms with van der Waals surface area (Å²) in [5.74, 6) is -1.22. The zero-order valence-electron chi connectivity index (χ0n) is 31.7. The van der Waals surface area contributed by atoms with Gasteiger partial charge in [0, 0.05) is 12.5 Å². The number of aliphatic hydroxyl groups excluding tert-OH is 1. The van der Waals surface area contributed by atoms with Crippen molar-refractivity contribution in [3.05, 3.63) is 0 Å². The summed E-state index contributed by atoms with van der Waals surface area (Å²) in [5.41, 5.74) is -0.625. The summed E-state index contributed by atoms with van der Waals surface area (Å²) in [6.45, 7) is 21.1. The molecule has 0 spiro atoms. The largest absolute Gasteiger partial charge is 0.456 e. The second-order valence-corrected chi connectivity index (χ2v) is 16.4. The first-order chi connectivity index (χ1) is 22.3. The van der Waals surface area contributed by atoms with Gasteiger partial charge in [0.15, 0.2) is 0 Å². The van der Waals surface area contributed by atoms with Crippen molar-refractivity contribution >= 4 is 41.2 Å². The number of carbonyl (C=O) groups is 4. The topological polar surface area (TPSA) is 155 Å². The van der Waals surface area contributed by atoms with E-state index in [-0.39, 0.29) is 47.9 Å². The van der Waals surface area contributed by atoms with Crippen molar-refractivity contribution in [1.82, 2.24) is 16.0 Å². The summed E-state index contributed by atoms with van der Waals surface area (Å²) < 4.78 is 11.3. The summed E-state index contributed by atoms with van der Waals surface area (Å²) in [6.07, 6.45) is 4.60. The van der Waals surface area contributed by atoms with Crippen LogP contribution in [0.15, 0.2) is 4.99 Å². The first-order valence-corrected chi connectivity index (χ1v) is 19.1. The summed E-state index contributed by atoms with van der Waals surface area (Å²) in [6, 6.07) is -2.51. The Morgan fingerprint density at radius 3 is 2.08 bits per heavy atom. The maximum Gasteiger partial charge on any atom is 0.352 e. The predicted molar refractivity (Wildman–Crippen MR) is 194 cm³/mol. The van der Waals surface area contributed by atoms with Crippen LogP contribution < -0.4 is 16.0 Å². The Kier molecular flexibility index (Phi) is 19.3. The van der Waals surface area contributed by atoms with Crippen molar-refractivity contribution in [3.63, 3.8) is 0 Å². The van der Waals surface area contributed by atoms with Gasteiger partial charge in [-0.3, -0.25) is 19.4 Å². The van der Waals surface area contributed by atoms with E-state index in [0.29, 0.717) is 25.9 Å². The third kappa shape index (κ3) is 16.0. The van der Waals surface area contributed by atoms with Crippen LogP contribution in [0.5, 0.6) is 0 Å². The van der Waals surface area contributed by atoms with Gasteiger partial charge in [0.25, 0.3) is 0 Å². The summed E-state index contributed by atoms with van der Waals surface area (Å²) in [7, 11) is 0. The minimum Gasteiger partial charge on any atom is -0.456 e. The quantitative estimate of drug-likeness (QED) is 0.0812. The lowest BCUT2D eigenvalue weighted by molar-refractivity contribution is -0.146. The number of nitrogens with one attached hydrogen (secondary N) is 3. The van der Waals surface area contributed by atoms with Crippen molar-refractivity contribution in [2.75, 3.05) is 18.6 Å². The Morgan fingerprint density at radius 1 is 0.938 bits per heavy atom. The average Bonchev–Trinajstić information content (AvgIpc) is 3.50. The van der Waals surface area contributed by atoms with E-state index < -0.39 is 53.5 Å². The highest BCUT2D eigenvalue weighted by molar-refractivity contribution is 7.98. The van der Waals surface area contributed by atoms with E-state index in [1.54, 1.807) is 39.5 Å². The zero-order valence-corrected chi connectivity index (χ0v) is 32.5. The Morgan fingerprint density at radius 2 is 1.58 bits per heavy atom. The van der Waals surface area contributed by atoms with Crippen molar-refractivity contribution in [1.29, 1.82) is 0 Å². The molecule has 4 N–H and O–H groups in total. The van der Waals surface area contributed by atoms with Crippen LogP contribution in [0, 0.1) is 23.7 Å². The van der Waals surface area contributed by atoms with E-state index in [4.69, 9.17) is 9.47 Å². The number of ether oxygens (including phenoxy) is 2. The molecule has 1 unspecified atom stereocenters. The number of thioether (sulfide) groups is 1. The minimum absolute atomic E-state index is 0.0143. The highest BCUT2D eigenvalue weighted by Crippen LogP contribution is 2.22. The number of hydrogen-bond acceptors (Lipinski definition) is 9. The molecule has 0 aliphatic carbocycles. The fraction of sp³-hybridized carbons (Fsp3) is 0.861. The second kappa shape index (κ2) is 21.1. The van der Waals surface area contributed by atoms with Crippen LogP contribution in [0.1, 0.15) is 115 Å². The molecule has 12 heteroatoms. The molecule has 48 heavy (non-hydrogen) atoms. The number of rotatable bonds is 20. The van der Waals surface area contributed by atoms with Gasteiger partial charge in [-0.2, -0.15) is 11.8 Å². The summed E-state index contributed by atoms with van der Waals surface area (Å²) in [5, 5.41) is 20.4. The molecule has 0 radical (unpaired) electrons. The van der Waals surface area contributed by atoms with Gasteiger partial charge in [-0.15, -0.1) is 0 Å². The van der Waals surface area contributed by atoms with Crippen molar-refractivity contribution < 1.29 is 33.8 Å². The molecular weight excluding hydrogens is 632 g/mol.